The van der Waals surface area contributed by atoms with Crippen LogP contribution in [0, 0.1) is 6.92 Å². The van der Waals surface area contributed by atoms with Crippen LogP contribution in [0.15, 0.2) is 47.1 Å². The van der Waals surface area contributed by atoms with Gasteiger partial charge in [-0.1, -0.05) is 65.6 Å². The summed E-state index contributed by atoms with van der Waals surface area (Å²) in [6.07, 6.45) is 16.2. The van der Waals surface area contributed by atoms with Crippen LogP contribution >= 0.6 is 12.2 Å². The van der Waals surface area contributed by atoms with E-state index in [2.05, 4.69) is 80.8 Å². The summed E-state index contributed by atoms with van der Waals surface area (Å²) in [5.41, 5.74) is 5.65. The van der Waals surface area contributed by atoms with Gasteiger partial charge in [0.25, 0.3) is 0 Å². The van der Waals surface area contributed by atoms with Crippen LogP contribution in [0.5, 0.6) is 0 Å². The summed E-state index contributed by atoms with van der Waals surface area (Å²) >= 11 is 5.76. The van der Waals surface area contributed by atoms with Gasteiger partial charge in [-0.2, -0.15) is 0 Å². The molecule has 1 aliphatic rings. The monoisotopic (exact) mass is 467 g/mol. The smallest absolute Gasteiger partial charge is 0.0819 e. The topological polar surface area (TPSA) is 18.8 Å². The van der Waals surface area contributed by atoms with Crippen molar-refractivity contribution in [3.8, 4) is 0 Å². The molecule has 33 heavy (non-hydrogen) atoms. The van der Waals surface area contributed by atoms with E-state index >= 15 is 0 Å². The molecule has 0 N–H and O–H groups in total. The third kappa shape index (κ3) is 8.73. The Morgan fingerprint density at radius 2 is 1.30 bits per heavy atom. The van der Waals surface area contributed by atoms with Crippen molar-refractivity contribution >= 4 is 34.2 Å². The molecule has 0 atom stereocenters. The molecule has 1 aromatic rings. The highest BCUT2D eigenvalue weighted by Gasteiger charge is 2.15. The van der Waals surface area contributed by atoms with Crippen LogP contribution in [0.3, 0.4) is 0 Å². The number of anilines is 1. The number of aryl methyl sites for hydroxylation is 1. The van der Waals surface area contributed by atoms with Crippen molar-refractivity contribution in [1.82, 2.24) is 4.90 Å². The van der Waals surface area contributed by atoms with Crippen LogP contribution in [-0.4, -0.2) is 41.7 Å². The summed E-state index contributed by atoms with van der Waals surface area (Å²) in [6, 6.07) is 6.68. The number of rotatable bonds is 15. The zero-order valence-electron chi connectivity index (χ0n) is 21.7. The Bertz CT molecular complexity index is 821. The molecular weight excluding hydrogens is 422 g/mol. The second kappa shape index (κ2) is 15.1. The van der Waals surface area contributed by atoms with E-state index in [4.69, 9.17) is 17.2 Å². The molecule has 0 aromatic heterocycles. The van der Waals surface area contributed by atoms with Crippen LogP contribution in [0.1, 0.15) is 84.6 Å². The molecule has 0 saturated heterocycles. The minimum atomic E-state index is 0.835. The minimum absolute atomic E-state index is 0.835. The summed E-state index contributed by atoms with van der Waals surface area (Å²) in [6.45, 7) is 15.6. The molecule has 1 aliphatic carbocycles. The molecule has 4 heteroatoms. The van der Waals surface area contributed by atoms with Gasteiger partial charge in [-0.3, -0.25) is 0 Å². The normalized spacial score (nSPS) is 14.6. The van der Waals surface area contributed by atoms with Crippen molar-refractivity contribution in [3.05, 3.63) is 47.7 Å². The first-order chi connectivity index (χ1) is 16.0. The summed E-state index contributed by atoms with van der Waals surface area (Å²) < 4.78 is 0. The van der Waals surface area contributed by atoms with E-state index in [1.165, 1.54) is 68.3 Å². The molecule has 0 saturated carbocycles. The maximum Gasteiger partial charge on any atom is 0.0819 e. The number of benzene rings is 1. The Hall–Kier alpha value is -1.94. The molecular formula is C29H45N3S. The van der Waals surface area contributed by atoms with Gasteiger partial charge in [-0.15, -0.1) is 0 Å². The number of unbranched alkanes of at least 4 members (excludes halogenated alkanes) is 4. The van der Waals surface area contributed by atoms with E-state index in [-0.39, 0.29) is 0 Å². The average Bonchev–Trinajstić information content (AvgIpc) is 2.82. The van der Waals surface area contributed by atoms with Crippen molar-refractivity contribution < 1.29 is 0 Å². The number of nitrogens with zero attached hydrogens (tertiary/aromatic N) is 3. The quantitative estimate of drug-likeness (QED) is 0.242. The first-order valence-electron chi connectivity index (χ1n) is 13.2. The lowest BCUT2D eigenvalue weighted by Crippen LogP contribution is -2.27. The van der Waals surface area contributed by atoms with Crippen LogP contribution < -0.4 is 4.90 Å². The predicted octanol–water partition coefficient (Wildman–Crippen LogP) is 8.20. The molecule has 0 aliphatic heterocycles. The van der Waals surface area contributed by atoms with Crippen LogP contribution in [0.2, 0.25) is 0 Å². The first-order valence-corrected chi connectivity index (χ1v) is 13.6. The number of hydrogen-bond donors (Lipinski definition) is 0. The van der Waals surface area contributed by atoms with Crippen molar-refractivity contribution in [2.24, 2.45) is 4.99 Å². The Morgan fingerprint density at radius 1 is 0.758 bits per heavy atom. The van der Waals surface area contributed by atoms with Gasteiger partial charge in [0.05, 0.1) is 16.3 Å². The Morgan fingerprint density at radius 3 is 1.79 bits per heavy atom. The van der Waals surface area contributed by atoms with Gasteiger partial charge in [-0.25, -0.2) is 4.99 Å². The van der Waals surface area contributed by atoms with E-state index in [9.17, 15) is 0 Å². The molecule has 0 radical (unpaired) electrons. The highest BCUT2D eigenvalue weighted by Crippen LogP contribution is 2.27. The van der Waals surface area contributed by atoms with Gasteiger partial charge in [0, 0.05) is 37.6 Å². The van der Waals surface area contributed by atoms with Crippen LogP contribution in [0.4, 0.5) is 11.4 Å². The molecule has 0 heterocycles. The zero-order chi connectivity index (χ0) is 24.1. The lowest BCUT2D eigenvalue weighted by Gasteiger charge is -2.27. The third-order valence-electron chi connectivity index (χ3n) is 6.22. The Kier molecular flexibility index (Phi) is 12.5. The predicted molar refractivity (Wildman–Crippen MR) is 152 cm³/mol. The van der Waals surface area contributed by atoms with E-state index in [0.717, 1.165) is 42.4 Å². The maximum absolute atomic E-state index is 5.76. The number of allylic oxidation sites excluding steroid dienone is 3. The second-order valence-electron chi connectivity index (χ2n) is 9.12. The summed E-state index contributed by atoms with van der Waals surface area (Å²) in [5.74, 6) is 0. The van der Waals surface area contributed by atoms with Gasteiger partial charge in [0.1, 0.15) is 0 Å². The number of hydrogen-bond acceptors (Lipinski definition) is 4. The fraction of sp³-hybridized carbons (Fsp3) is 0.586. The molecule has 0 spiro atoms. The van der Waals surface area contributed by atoms with Crippen molar-refractivity contribution in [3.63, 3.8) is 0 Å². The van der Waals surface area contributed by atoms with E-state index < -0.39 is 0 Å². The van der Waals surface area contributed by atoms with Gasteiger partial charge < -0.3 is 9.80 Å². The molecule has 0 bridgehead atoms. The van der Waals surface area contributed by atoms with Crippen LogP contribution in [0.25, 0.3) is 0 Å². The standard InChI is InChI=1S/C29H45N3S/c1-6-10-18-31(19-11-7-2)25-14-16-27(24(5)22-25)30-28-17-15-26(23-29(28)33)32(20-12-8-3)21-13-9-4/h14-17,22-23H,6-13,18-21H2,1-5H3/b30-28-. The summed E-state index contributed by atoms with van der Waals surface area (Å²) in [4.78, 5) is 10.8. The van der Waals surface area contributed by atoms with Crippen LogP contribution in [-0.2, 0) is 0 Å². The molecule has 2 rings (SSSR count). The van der Waals surface area contributed by atoms with Gasteiger partial charge in [0.2, 0.25) is 0 Å². The van der Waals surface area contributed by atoms with Crippen molar-refractivity contribution in [2.45, 2.75) is 86.0 Å². The van der Waals surface area contributed by atoms with E-state index in [1.807, 2.05) is 0 Å². The molecule has 0 amide bonds. The minimum Gasteiger partial charge on any atom is -0.372 e. The highest BCUT2D eigenvalue weighted by molar-refractivity contribution is 7.82. The largest absolute Gasteiger partial charge is 0.372 e. The second-order valence-corrected chi connectivity index (χ2v) is 9.56. The molecule has 0 unspecified atom stereocenters. The number of thiocarbonyl (C=S) groups is 1. The highest BCUT2D eigenvalue weighted by atomic mass is 32.1. The molecule has 1 aromatic carbocycles. The van der Waals surface area contributed by atoms with E-state index in [1.54, 1.807) is 0 Å². The van der Waals surface area contributed by atoms with Gasteiger partial charge >= 0.3 is 0 Å². The maximum atomic E-state index is 5.76. The van der Waals surface area contributed by atoms with Gasteiger partial charge in [-0.05, 0) is 74.6 Å². The lowest BCUT2D eigenvalue weighted by molar-refractivity contribution is 0.341. The third-order valence-corrected chi connectivity index (χ3v) is 6.55. The molecule has 0 fully saturated rings. The first kappa shape index (κ1) is 27.3. The van der Waals surface area contributed by atoms with Crippen molar-refractivity contribution in [1.29, 1.82) is 0 Å². The fourth-order valence-corrected chi connectivity index (χ4v) is 4.25. The Labute approximate surface area is 208 Å². The Balaban J connectivity index is 2.17. The lowest BCUT2D eigenvalue weighted by atomic mass is 10.1. The number of aliphatic imine (C=N–C) groups is 1. The van der Waals surface area contributed by atoms with E-state index in [0.29, 0.717) is 0 Å². The average molecular weight is 468 g/mol. The summed E-state index contributed by atoms with van der Waals surface area (Å²) in [7, 11) is 0. The summed E-state index contributed by atoms with van der Waals surface area (Å²) in [5, 5.41) is 0. The van der Waals surface area contributed by atoms with Crippen molar-refractivity contribution in [2.75, 3.05) is 31.1 Å². The zero-order valence-corrected chi connectivity index (χ0v) is 22.5. The fourth-order valence-electron chi connectivity index (χ4n) is 4.02. The molecule has 3 nitrogen and oxygen atoms in total. The van der Waals surface area contributed by atoms with Gasteiger partial charge in [0.15, 0.2) is 0 Å². The molecule has 182 valence electrons. The SMILES string of the molecule is CCCCN(CCCC)C1=CC(=S)/C(=N\c2ccc(N(CCCC)CCCC)cc2C)C=C1.